The van der Waals surface area contributed by atoms with Crippen molar-refractivity contribution in [3.05, 3.63) is 22.7 Å². The van der Waals surface area contributed by atoms with Crippen LogP contribution < -0.4 is 11.1 Å². The molecular weight excluding hydrogens is 276 g/mol. The molecule has 0 bridgehead atoms. The summed E-state index contributed by atoms with van der Waals surface area (Å²) in [4.78, 5) is 0. The molecule has 1 fully saturated rings. The van der Waals surface area contributed by atoms with Gasteiger partial charge in [-0.05, 0) is 37.0 Å². The lowest BCUT2D eigenvalue weighted by molar-refractivity contribution is 0.317. The van der Waals surface area contributed by atoms with Crippen LogP contribution in [0.25, 0.3) is 0 Å². The van der Waals surface area contributed by atoms with Crippen molar-refractivity contribution in [1.29, 1.82) is 0 Å². The van der Waals surface area contributed by atoms with Gasteiger partial charge >= 0.3 is 0 Å². The molecule has 1 saturated carbocycles. The smallest absolute Gasteiger partial charge is 0.0576 e. The standard InChI is InChI=1S/C14H21BrN2/c1-2-10-5-3-4-6-13(10)17-14-8-7-11(15)9-12(14)16/h7-10,13,17H,2-6,16H2,1H3. The first kappa shape index (κ1) is 12.7. The van der Waals surface area contributed by atoms with Crippen molar-refractivity contribution in [1.82, 2.24) is 0 Å². The van der Waals surface area contributed by atoms with Crippen LogP contribution in [0.15, 0.2) is 22.7 Å². The molecule has 0 spiro atoms. The van der Waals surface area contributed by atoms with Crippen LogP contribution in [0.4, 0.5) is 11.4 Å². The second kappa shape index (κ2) is 5.76. The average molecular weight is 297 g/mol. The van der Waals surface area contributed by atoms with Crippen molar-refractivity contribution >= 4 is 27.3 Å². The molecule has 1 aromatic rings. The minimum atomic E-state index is 0.595. The minimum Gasteiger partial charge on any atom is -0.397 e. The maximum Gasteiger partial charge on any atom is 0.0576 e. The van der Waals surface area contributed by atoms with Crippen molar-refractivity contribution in [2.75, 3.05) is 11.1 Å². The Bertz CT molecular complexity index is 378. The zero-order chi connectivity index (χ0) is 12.3. The molecule has 2 unspecified atom stereocenters. The van der Waals surface area contributed by atoms with Crippen molar-refractivity contribution in [3.8, 4) is 0 Å². The lowest BCUT2D eigenvalue weighted by Crippen LogP contribution is -2.32. The number of nitrogens with one attached hydrogen (secondary N) is 1. The number of nitrogens with two attached hydrogens (primary N) is 1. The van der Waals surface area contributed by atoms with Gasteiger partial charge in [-0.3, -0.25) is 0 Å². The summed E-state index contributed by atoms with van der Waals surface area (Å²) in [5.41, 5.74) is 7.95. The fourth-order valence-corrected chi connectivity index (χ4v) is 3.13. The molecule has 2 nitrogen and oxygen atoms in total. The number of hydrogen-bond acceptors (Lipinski definition) is 2. The van der Waals surface area contributed by atoms with Crippen molar-refractivity contribution in [2.45, 2.75) is 45.1 Å². The van der Waals surface area contributed by atoms with Gasteiger partial charge in [0.15, 0.2) is 0 Å². The van der Waals surface area contributed by atoms with E-state index in [-0.39, 0.29) is 0 Å². The Morgan fingerprint density at radius 3 is 2.82 bits per heavy atom. The van der Waals surface area contributed by atoms with Crippen LogP contribution in [0.2, 0.25) is 0 Å². The number of anilines is 2. The lowest BCUT2D eigenvalue weighted by Gasteiger charge is -2.32. The van der Waals surface area contributed by atoms with E-state index in [1.54, 1.807) is 0 Å². The largest absolute Gasteiger partial charge is 0.397 e. The molecule has 2 rings (SSSR count). The molecule has 3 heteroatoms. The Balaban J connectivity index is 2.08. The second-order valence-electron chi connectivity index (χ2n) is 4.94. The molecule has 94 valence electrons. The molecule has 0 heterocycles. The quantitative estimate of drug-likeness (QED) is 0.811. The molecule has 1 aromatic carbocycles. The number of rotatable bonds is 3. The van der Waals surface area contributed by atoms with Crippen LogP contribution in [0, 0.1) is 5.92 Å². The fraction of sp³-hybridized carbons (Fsp3) is 0.571. The SMILES string of the molecule is CCC1CCCCC1Nc1ccc(Br)cc1N. The molecule has 1 aliphatic rings. The topological polar surface area (TPSA) is 38.0 Å². The molecule has 0 aliphatic heterocycles. The Morgan fingerprint density at radius 1 is 1.35 bits per heavy atom. The van der Waals surface area contributed by atoms with E-state index in [9.17, 15) is 0 Å². The van der Waals surface area contributed by atoms with Crippen molar-refractivity contribution in [3.63, 3.8) is 0 Å². The van der Waals surface area contributed by atoms with Crippen LogP contribution in [0.5, 0.6) is 0 Å². The fourth-order valence-electron chi connectivity index (χ4n) is 2.75. The van der Waals surface area contributed by atoms with Crippen molar-refractivity contribution in [2.24, 2.45) is 5.92 Å². The molecule has 17 heavy (non-hydrogen) atoms. The van der Waals surface area contributed by atoms with E-state index < -0.39 is 0 Å². The third kappa shape index (κ3) is 3.15. The summed E-state index contributed by atoms with van der Waals surface area (Å²) in [6, 6.07) is 6.67. The third-order valence-electron chi connectivity index (χ3n) is 3.79. The van der Waals surface area contributed by atoms with Gasteiger partial charge in [0.2, 0.25) is 0 Å². The second-order valence-corrected chi connectivity index (χ2v) is 5.85. The normalized spacial score (nSPS) is 24.6. The summed E-state index contributed by atoms with van der Waals surface area (Å²) < 4.78 is 1.04. The summed E-state index contributed by atoms with van der Waals surface area (Å²) in [6.07, 6.45) is 6.60. The molecule has 0 amide bonds. The first-order valence-electron chi connectivity index (χ1n) is 6.52. The van der Waals surface area contributed by atoms with Crippen molar-refractivity contribution < 1.29 is 0 Å². The number of halogens is 1. The van der Waals surface area contributed by atoms with Crippen LogP contribution in [0.3, 0.4) is 0 Å². The minimum absolute atomic E-state index is 0.595. The average Bonchev–Trinajstić information content (AvgIpc) is 2.33. The van der Waals surface area contributed by atoms with Gasteiger partial charge in [0, 0.05) is 10.5 Å². The number of nitrogen functional groups attached to an aromatic ring is 1. The van der Waals surface area contributed by atoms with Gasteiger partial charge < -0.3 is 11.1 Å². The Labute approximate surface area is 112 Å². The predicted molar refractivity (Wildman–Crippen MR) is 78.2 cm³/mol. The predicted octanol–water partition coefficient (Wildman–Crippen LogP) is 4.41. The van der Waals surface area contributed by atoms with E-state index >= 15 is 0 Å². The highest BCUT2D eigenvalue weighted by atomic mass is 79.9. The Morgan fingerprint density at radius 2 is 2.12 bits per heavy atom. The first-order chi connectivity index (χ1) is 8.20. The van der Waals surface area contributed by atoms with E-state index in [2.05, 4.69) is 34.2 Å². The lowest BCUT2D eigenvalue weighted by atomic mass is 9.83. The van der Waals surface area contributed by atoms with E-state index in [4.69, 9.17) is 5.73 Å². The molecule has 3 N–H and O–H groups in total. The van der Waals surface area contributed by atoms with Gasteiger partial charge in [-0.1, -0.05) is 42.1 Å². The Kier molecular flexibility index (Phi) is 4.32. The first-order valence-corrected chi connectivity index (χ1v) is 7.31. The van der Waals surface area contributed by atoms with E-state index in [1.165, 1.54) is 32.1 Å². The molecule has 2 atom stereocenters. The molecule has 0 radical (unpaired) electrons. The number of hydrogen-bond donors (Lipinski definition) is 2. The molecule has 0 saturated heterocycles. The summed E-state index contributed by atoms with van der Waals surface area (Å²) in [6.45, 7) is 2.29. The maximum absolute atomic E-state index is 6.03. The summed E-state index contributed by atoms with van der Waals surface area (Å²) in [5, 5.41) is 3.63. The van der Waals surface area contributed by atoms with Gasteiger partial charge in [0.25, 0.3) is 0 Å². The highest BCUT2D eigenvalue weighted by molar-refractivity contribution is 9.10. The van der Waals surface area contributed by atoms with E-state index in [0.29, 0.717) is 6.04 Å². The summed E-state index contributed by atoms with van der Waals surface area (Å²) >= 11 is 3.44. The monoisotopic (exact) mass is 296 g/mol. The zero-order valence-corrected chi connectivity index (χ0v) is 12.0. The van der Waals surface area contributed by atoms with Gasteiger partial charge in [0.1, 0.15) is 0 Å². The molecular formula is C14H21BrN2. The zero-order valence-electron chi connectivity index (χ0n) is 10.4. The summed E-state index contributed by atoms with van der Waals surface area (Å²) in [7, 11) is 0. The van der Waals surface area contributed by atoms with Gasteiger partial charge in [0.05, 0.1) is 11.4 Å². The maximum atomic E-state index is 6.03. The molecule has 0 aromatic heterocycles. The van der Waals surface area contributed by atoms with E-state index in [0.717, 1.165) is 21.8 Å². The van der Waals surface area contributed by atoms with Gasteiger partial charge in [-0.2, -0.15) is 0 Å². The van der Waals surface area contributed by atoms with Gasteiger partial charge in [-0.15, -0.1) is 0 Å². The summed E-state index contributed by atoms with van der Waals surface area (Å²) in [5.74, 6) is 0.798. The van der Waals surface area contributed by atoms with Crippen LogP contribution in [0.1, 0.15) is 39.0 Å². The van der Waals surface area contributed by atoms with Crippen LogP contribution in [-0.4, -0.2) is 6.04 Å². The number of benzene rings is 1. The molecule has 1 aliphatic carbocycles. The Hall–Kier alpha value is -0.700. The highest BCUT2D eigenvalue weighted by Gasteiger charge is 2.23. The third-order valence-corrected chi connectivity index (χ3v) is 4.28. The van der Waals surface area contributed by atoms with E-state index in [1.807, 2.05) is 12.1 Å². The van der Waals surface area contributed by atoms with Gasteiger partial charge in [-0.25, -0.2) is 0 Å². The van der Waals surface area contributed by atoms with Crippen LogP contribution in [-0.2, 0) is 0 Å². The highest BCUT2D eigenvalue weighted by Crippen LogP contribution is 2.31. The van der Waals surface area contributed by atoms with Crippen LogP contribution >= 0.6 is 15.9 Å².